The van der Waals surface area contributed by atoms with E-state index in [4.69, 9.17) is 4.42 Å². The van der Waals surface area contributed by atoms with Crippen LogP contribution in [0.5, 0.6) is 5.75 Å². The molecule has 6 heteroatoms. The van der Waals surface area contributed by atoms with Gasteiger partial charge in [0.05, 0.1) is 6.07 Å². The summed E-state index contributed by atoms with van der Waals surface area (Å²) in [5.41, 5.74) is 0.216. The first-order valence-corrected chi connectivity index (χ1v) is 5.46. The molecule has 1 aliphatic heterocycles. The molecule has 1 N–H and O–H groups in total. The van der Waals surface area contributed by atoms with Crippen molar-refractivity contribution in [1.82, 2.24) is 0 Å². The maximum Gasteiger partial charge on any atom is 0.263 e. The molecule has 0 bridgehead atoms. The van der Waals surface area contributed by atoms with Gasteiger partial charge in [-0.2, -0.15) is 4.73 Å². The number of halogens is 1. The van der Waals surface area contributed by atoms with Gasteiger partial charge in [0.2, 0.25) is 11.3 Å². The molecule has 1 aromatic rings. The molecule has 0 saturated heterocycles. The van der Waals surface area contributed by atoms with E-state index in [0.717, 1.165) is 12.1 Å². The van der Waals surface area contributed by atoms with E-state index in [2.05, 4.69) is 0 Å². The first-order valence-electron chi connectivity index (χ1n) is 5.46. The molecule has 0 spiro atoms. The van der Waals surface area contributed by atoms with E-state index < -0.39 is 11.6 Å². The highest BCUT2D eigenvalue weighted by Gasteiger charge is 2.22. The number of benzene rings is 2. The Morgan fingerprint density at radius 1 is 1.32 bits per heavy atom. The summed E-state index contributed by atoms with van der Waals surface area (Å²) < 4.78 is 19.1. The van der Waals surface area contributed by atoms with Gasteiger partial charge in [0.15, 0.2) is 17.0 Å². The van der Waals surface area contributed by atoms with Gasteiger partial charge < -0.3 is 14.7 Å². The van der Waals surface area contributed by atoms with Crippen molar-refractivity contribution in [3.05, 3.63) is 51.1 Å². The van der Waals surface area contributed by atoms with Crippen LogP contribution >= 0.6 is 0 Å². The maximum absolute atomic E-state index is 13.3. The van der Waals surface area contributed by atoms with Crippen LogP contribution in [0.1, 0.15) is 5.56 Å². The van der Waals surface area contributed by atoms with Gasteiger partial charge in [0.1, 0.15) is 0 Å². The minimum Gasteiger partial charge on any atom is -0.618 e. The highest BCUT2D eigenvalue weighted by Crippen LogP contribution is 2.27. The molecule has 19 heavy (non-hydrogen) atoms. The van der Waals surface area contributed by atoms with Gasteiger partial charge in [0.25, 0.3) is 11.2 Å². The van der Waals surface area contributed by atoms with Crippen molar-refractivity contribution in [2.45, 2.75) is 6.92 Å². The van der Waals surface area contributed by atoms with Crippen molar-refractivity contribution < 1.29 is 18.6 Å². The predicted octanol–water partition coefficient (Wildman–Crippen LogP) is 1.68. The number of hydrogen-bond acceptors (Lipinski definition) is 4. The average Bonchev–Trinajstić information content (AvgIpc) is 2.35. The van der Waals surface area contributed by atoms with Crippen molar-refractivity contribution in [1.29, 1.82) is 0 Å². The largest absolute Gasteiger partial charge is 0.618 e. The lowest BCUT2D eigenvalue weighted by molar-refractivity contribution is -0.566. The molecule has 0 amide bonds. The smallest absolute Gasteiger partial charge is 0.263 e. The quantitative estimate of drug-likeness (QED) is 0.379. The van der Waals surface area contributed by atoms with Crippen LogP contribution in [0.3, 0.4) is 0 Å². The number of fused-ring (bicyclic) bond motifs is 2. The van der Waals surface area contributed by atoms with E-state index >= 15 is 0 Å². The number of rotatable bonds is 0. The Balaban J connectivity index is 2.53. The monoisotopic (exact) mass is 261 g/mol. The number of aryl methyl sites for hydroxylation is 1. The minimum absolute atomic E-state index is 0.00431. The SMILES string of the molecule is Cc1cc2[n+]([O-])c3cc(F)c(O)cc3oc-2cc1=O. The summed E-state index contributed by atoms with van der Waals surface area (Å²) in [5, 5.41) is 21.4. The van der Waals surface area contributed by atoms with Gasteiger partial charge in [-0.3, -0.25) is 4.79 Å². The van der Waals surface area contributed by atoms with E-state index in [0.29, 0.717) is 10.3 Å². The van der Waals surface area contributed by atoms with Crippen LogP contribution in [-0.4, -0.2) is 5.11 Å². The summed E-state index contributed by atoms with van der Waals surface area (Å²) in [5.74, 6) is -1.45. The average molecular weight is 261 g/mol. The van der Waals surface area contributed by atoms with Crippen LogP contribution < -0.4 is 10.2 Å². The number of aromatic hydroxyl groups is 1. The van der Waals surface area contributed by atoms with Crippen molar-refractivity contribution >= 4 is 11.1 Å². The summed E-state index contributed by atoms with van der Waals surface area (Å²) >= 11 is 0. The number of aromatic nitrogens is 1. The molecule has 1 aliphatic carbocycles. The standard InChI is InChI=1S/C13H8FNO4/c1-6-2-8-12(4-10(6)16)19-13-5-11(17)7(14)3-9(13)15(8)18/h2-5,17H,1H3. The summed E-state index contributed by atoms with van der Waals surface area (Å²) in [6, 6.07) is 4.47. The van der Waals surface area contributed by atoms with Crippen LogP contribution in [-0.2, 0) is 0 Å². The zero-order chi connectivity index (χ0) is 13.7. The minimum atomic E-state index is -0.913. The van der Waals surface area contributed by atoms with Crippen LogP contribution in [0.15, 0.2) is 33.5 Å². The molecule has 0 atom stereocenters. The number of phenolic OH excluding ortho intramolecular Hbond substituents is 1. The molecular weight excluding hydrogens is 253 g/mol. The molecule has 3 rings (SSSR count). The molecule has 0 radical (unpaired) electrons. The van der Waals surface area contributed by atoms with Gasteiger partial charge in [0, 0.05) is 23.8 Å². The second-order valence-electron chi connectivity index (χ2n) is 4.25. The molecule has 5 nitrogen and oxygen atoms in total. The van der Waals surface area contributed by atoms with E-state index in [9.17, 15) is 19.5 Å². The fourth-order valence-electron chi connectivity index (χ4n) is 1.92. The number of phenols is 1. The van der Waals surface area contributed by atoms with Gasteiger partial charge >= 0.3 is 0 Å². The number of nitrogens with zero attached hydrogens (tertiary/aromatic N) is 1. The Bertz CT molecular complexity index is 840. The van der Waals surface area contributed by atoms with Gasteiger partial charge in [-0.05, 0) is 6.92 Å². The first kappa shape index (κ1) is 11.5. The lowest BCUT2D eigenvalue weighted by atomic mass is 10.1. The molecule has 96 valence electrons. The summed E-state index contributed by atoms with van der Waals surface area (Å²) in [7, 11) is 0. The molecular formula is C13H8FNO4. The molecule has 2 aliphatic rings. The summed E-state index contributed by atoms with van der Waals surface area (Å²) in [6.07, 6.45) is 0. The zero-order valence-corrected chi connectivity index (χ0v) is 9.81. The Labute approximate surface area is 106 Å². The third kappa shape index (κ3) is 1.61. The van der Waals surface area contributed by atoms with Crippen LogP contribution in [0, 0.1) is 17.9 Å². The third-order valence-electron chi connectivity index (χ3n) is 2.94. The van der Waals surface area contributed by atoms with Crippen molar-refractivity contribution in [3.63, 3.8) is 0 Å². The second-order valence-corrected chi connectivity index (χ2v) is 4.25. The zero-order valence-electron chi connectivity index (χ0n) is 9.81. The van der Waals surface area contributed by atoms with E-state index in [1.54, 1.807) is 6.92 Å². The van der Waals surface area contributed by atoms with E-state index in [1.807, 2.05) is 0 Å². The van der Waals surface area contributed by atoms with Gasteiger partial charge in [-0.25, -0.2) is 4.39 Å². The summed E-state index contributed by atoms with van der Waals surface area (Å²) in [4.78, 5) is 11.5. The second kappa shape index (κ2) is 3.68. The number of hydrogen-bond donors (Lipinski definition) is 1. The van der Waals surface area contributed by atoms with E-state index in [1.165, 1.54) is 12.1 Å². The molecule has 0 aromatic heterocycles. The van der Waals surface area contributed by atoms with Gasteiger partial charge in [-0.1, -0.05) is 0 Å². The fraction of sp³-hybridized carbons (Fsp3) is 0.0769. The molecule has 0 saturated carbocycles. The Kier molecular flexibility index (Phi) is 2.22. The molecule has 1 aromatic carbocycles. The van der Waals surface area contributed by atoms with Crippen LogP contribution in [0.2, 0.25) is 0 Å². The highest BCUT2D eigenvalue weighted by molar-refractivity contribution is 5.73. The highest BCUT2D eigenvalue weighted by atomic mass is 19.1. The Hall–Kier alpha value is -2.63. The summed E-state index contributed by atoms with van der Waals surface area (Å²) in [6.45, 7) is 1.57. The van der Waals surface area contributed by atoms with E-state index in [-0.39, 0.29) is 28.0 Å². The Morgan fingerprint density at radius 3 is 2.79 bits per heavy atom. The van der Waals surface area contributed by atoms with Crippen LogP contribution in [0.4, 0.5) is 4.39 Å². The molecule has 0 fully saturated rings. The topological polar surface area (TPSA) is 77.4 Å². The fourth-order valence-corrected chi connectivity index (χ4v) is 1.92. The third-order valence-corrected chi connectivity index (χ3v) is 2.94. The molecule has 1 heterocycles. The maximum atomic E-state index is 13.3. The van der Waals surface area contributed by atoms with Gasteiger partial charge in [-0.15, -0.1) is 0 Å². The Morgan fingerprint density at radius 2 is 2.05 bits per heavy atom. The lowest BCUT2D eigenvalue weighted by Gasteiger charge is -2.09. The first-order chi connectivity index (χ1) is 8.97. The lowest BCUT2D eigenvalue weighted by Crippen LogP contribution is -2.31. The van der Waals surface area contributed by atoms with Crippen LogP contribution in [0.25, 0.3) is 22.6 Å². The van der Waals surface area contributed by atoms with Crippen molar-refractivity contribution in [2.75, 3.05) is 0 Å². The molecule has 0 unspecified atom stereocenters. The normalized spacial score (nSPS) is 11.3. The van der Waals surface area contributed by atoms with Crippen molar-refractivity contribution in [3.8, 4) is 17.2 Å². The van der Waals surface area contributed by atoms with Crippen molar-refractivity contribution in [2.24, 2.45) is 0 Å². The predicted molar refractivity (Wildman–Crippen MR) is 64.4 cm³/mol.